The minimum Gasteiger partial charge on any atom is -0.319 e. The van der Waals surface area contributed by atoms with E-state index < -0.39 is 0 Å². The molecule has 0 aromatic carbocycles. The summed E-state index contributed by atoms with van der Waals surface area (Å²) in [6, 6.07) is 4.20. The normalized spacial score (nSPS) is 19.4. The van der Waals surface area contributed by atoms with Crippen LogP contribution in [-0.2, 0) is 6.42 Å². The molecule has 1 aliphatic carbocycles. The molecule has 0 spiro atoms. The van der Waals surface area contributed by atoms with E-state index in [-0.39, 0.29) is 0 Å². The lowest BCUT2D eigenvalue weighted by molar-refractivity contribution is 0.260. The van der Waals surface area contributed by atoms with Crippen molar-refractivity contribution in [2.24, 2.45) is 11.3 Å². The molecule has 1 unspecified atom stereocenters. The molecule has 2 rings (SSSR count). The Morgan fingerprint density at radius 1 is 1.50 bits per heavy atom. The third kappa shape index (κ3) is 2.83. The first-order chi connectivity index (χ1) is 7.64. The lowest BCUT2D eigenvalue weighted by Crippen LogP contribution is -2.34. The summed E-state index contributed by atoms with van der Waals surface area (Å²) in [4.78, 5) is 4.48. The highest BCUT2D eigenvalue weighted by atomic mass is 79.9. The molecule has 1 heterocycles. The number of nitrogens with zero attached hydrogens (tertiary/aromatic N) is 1. The van der Waals surface area contributed by atoms with E-state index in [4.69, 9.17) is 0 Å². The first kappa shape index (κ1) is 12.1. The largest absolute Gasteiger partial charge is 0.319 e. The van der Waals surface area contributed by atoms with Gasteiger partial charge in [-0.15, -0.1) is 0 Å². The highest BCUT2D eigenvalue weighted by Gasteiger charge is 2.41. The summed E-state index contributed by atoms with van der Waals surface area (Å²) in [5.74, 6) is 0.880. The van der Waals surface area contributed by atoms with Gasteiger partial charge in [0.15, 0.2) is 0 Å². The minimum absolute atomic E-state index is 0.371. The monoisotopic (exact) mass is 282 g/mol. The lowest BCUT2D eigenvalue weighted by Gasteiger charge is -2.29. The van der Waals surface area contributed by atoms with E-state index >= 15 is 0 Å². The molecule has 16 heavy (non-hydrogen) atoms. The maximum absolute atomic E-state index is 4.48. The second-order valence-electron chi connectivity index (χ2n) is 5.10. The van der Waals surface area contributed by atoms with E-state index in [9.17, 15) is 0 Å². The molecule has 1 fully saturated rings. The van der Waals surface area contributed by atoms with Crippen LogP contribution in [0.25, 0.3) is 0 Å². The van der Waals surface area contributed by atoms with Crippen molar-refractivity contribution in [1.82, 2.24) is 10.3 Å². The van der Waals surface area contributed by atoms with Gasteiger partial charge in [-0.3, -0.25) is 4.98 Å². The van der Waals surface area contributed by atoms with Gasteiger partial charge < -0.3 is 5.32 Å². The van der Waals surface area contributed by atoms with Crippen LogP contribution >= 0.6 is 15.9 Å². The highest BCUT2D eigenvalue weighted by Crippen LogP contribution is 2.46. The summed E-state index contributed by atoms with van der Waals surface area (Å²) in [5.41, 5.74) is 1.57. The van der Waals surface area contributed by atoms with Crippen molar-refractivity contribution in [2.75, 3.05) is 13.6 Å². The fourth-order valence-corrected chi connectivity index (χ4v) is 2.69. The van der Waals surface area contributed by atoms with Gasteiger partial charge in [0.2, 0.25) is 0 Å². The van der Waals surface area contributed by atoms with Crippen LogP contribution in [0.2, 0.25) is 0 Å². The third-order valence-corrected chi connectivity index (χ3v) is 3.99. The van der Waals surface area contributed by atoms with Crippen LogP contribution in [-0.4, -0.2) is 18.6 Å². The zero-order valence-corrected chi connectivity index (χ0v) is 11.5. The second-order valence-corrected chi connectivity index (χ2v) is 6.02. The molecule has 0 saturated heterocycles. The molecule has 1 aromatic heterocycles. The Morgan fingerprint density at radius 2 is 2.25 bits per heavy atom. The Balaban J connectivity index is 2.07. The van der Waals surface area contributed by atoms with E-state index in [1.807, 2.05) is 13.2 Å². The molecule has 0 bridgehead atoms. The molecule has 0 radical (unpaired) electrons. The molecule has 0 amide bonds. The van der Waals surface area contributed by atoms with E-state index in [0.717, 1.165) is 23.4 Å². The number of hydrogen-bond acceptors (Lipinski definition) is 2. The van der Waals surface area contributed by atoms with Gasteiger partial charge in [0.1, 0.15) is 0 Å². The van der Waals surface area contributed by atoms with Crippen molar-refractivity contribution >= 4 is 15.9 Å². The van der Waals surface area contributed by atoms with Crippen LogP contribution in [0, 0.1) is 11.3 Å². The highest BCUT2D eigenvalue weighted by molar-refractivity contribution is 9.10. The Hall–Kier alpha value is -0.410. The molecule has 1 aliphatic rings. The molecule has 1 aromatic rings. The maximum atomic E-state index is 4.48. The van der Waals surface area contributed by atoms with Gasteiger partial charge in [-0.05, 0) is 65.7 Å². The van der Waals surface area contributed by atoms with Gasteiger partial charge in [-0.25, -0.2) is 0 Å². The Bertz CT molecular complexity index is 345. The van der Waals surface area contributed by atoms with Crippen LogP contribution < -0.4 is 5.32 Å². The van der Waals surface area contributed by atoms with E-state index in [0.29, 0.717) is 5.41 Å². The molecule has 1 saturated carbocycles. The predicted octanol–water partition coefficient (Wildman–Crippen LogP) is 3.02. The average molecular weight is 283 g/mol. The summed E-state index contributed by atoms with van der Waals surface area (Å²) >= 11 is 3.42. The fourth-order valence-electron chi connectivity index (χ4n) is 2.46. The van der Waals surface area contributed by atoms with Gasteiger partial charge >= 0.3 is 0 Å². The van der Waals surface area contributed by atoms with Crippen molar-refractivity contribution in [1.29, 1.82) is 0 Å². The molecule has 88 valence electrons. The van der Waals surface area contributed by atoms with Crippen molar-refractivity contribution in [2.45, 2.75) is 26.2 Å². The summed E-state index contributed by atoms with van der Waals surface area (Å²) in [6.45, 7) is 3.46. The number of pyridine rings is 1. The summed E-state index contributed by atoms with van der Waals surface area (Å²) in [6.07, 6.45) is 5.73. The summed E-state index contributed by atoms with van der Waals surface area (Å²) < 4.78 is 1.05. The van der Waals surface area contributed by atoms with Gasteiger partial charge in [-0.2, -0.15) is 0 Å². The minimum atomic E-state index is 0.371. The number of nitrogens with one attached hydrogen (secondary N) is 1. The number of aromatic nitrogens is 1. The lowest BCUT2D eigenvalue weighted by atomic mass is 9.80. The number of hydrogen-bond donors (Lipinski definition) is 1. The molecule has 0 aliphatic heterocycles. The van der Waals surface area contributed by atoms with Crippen molar-refractivity contribution in [3.63, 3.8) is 0 Å². The second kappa shape index (κ2) is 4.84. The van der Waals surface area contributed by atoms with Crippen LogP contribution in [0.1, 0.15) is 25.5 Å². The Morgan fingerprint density at radius 3 is 2.75 bits per heavy atom. The third-order valence-electron chi connectivity index (χ3n) is 3.52. The Labute approximate surface area is 106 Å². The molecule has 2 nitrogen and oxygen atoms in total. The zero-order chi connectivity index (χ0) is 11.6. The van der Waals surface area contributed by atoms with E-state index in [1.54, 1.807) is 0 Å². The SMILES string of the molecule is CNCC(C)(Cc1ccc(Br)cn1)C1CC1. The standard InChI is InChI=1S/C13H19BrN2/c1-13(9-15-2,10-3-4-10)7-12-6-5-11(14)8-16-12/h5-6,8,10,15H,3-4,7,9H2,1-2H3. The molecular weight excluding hydrogens is 264 g/mol. The summed E-state index contributed by atoms with van der Waals surface area (Å²) in [7, 11) is 2.04. The molecule has 3 heteroatoms. The maximum Gasteiger partial charge on any atom is 0.0413 e. The number of rotatable bonds is 5. The first-order valence-corrected chi connectivity index (χ1v) is 6.68. The van der Waals surface area contributed by atoms with E-state index in [1.165, 1.54) is 18.5 Å². The van der Waals surface area contributed by atoms with Crippen LogP contribution in [0.5, 0.6) is 0 Å². The van der Waals surface area contributed by atoms with Crippen LogP contribution in [0.15, 0.2) is 22.8 Å². The topological polar surface area (TPSA) is 24.9 Å². The van der Waals surface area contributed by atoms with E-state index in [2.05, 4.69) is 45.3 Å². The number of halogens is 1. The zero-order valence-electron chi connectivity index (χ0n) is 9.96. The van der Waals surface area contributed by atoms with Crippen molar-refractivity contribution < 1.29 is 0 Å². The van der Waals surface area contributed by atoms with Crippen LogP contribution in [0.3, 0.4) is 0 Å². The van der Waals surface area contributed by atoms with Gasteiger partial charge in [0, 0.05) is 22.9 Å². The molecule has 1 atom stereocenters. The van der Waals surface area contributed by atoms with Gasteiger partial charge in [0.05, 0.1) is 0 Å². The average Bonchev–Trinajstić information content (AvgIpc) is 3.05. The van der Waals surface area contributed by atoms with Crippen molar-refractivity contribution in [3.8, 4) is 0 Å². The summed E-state index contributed by atoms with van der Waals surface area (Å²) in [5, 5.41) is 3.32. The van der Waals surface area contributed by atoms with Gasteiger partial charge in [-0.1, -0.05) is 6.92 Å². The Kier molecular flexibility index (Phi) is 3.65. The smallest absolute Gasteiger partial charge is 0.0413 e. The molecular formula is C13H19BrN2. The van der Waals surface area contributed by atoms with Crippen molar-refractivity contribution in [3.05, 3.63) is 28.5 Å². The predicted molar refractivity (Wildman–Crippen MR) is 70.4 cm³/mol. The molecule has 1 N–H and O–H groups in total. The van der Waals surface area contributed by atoms with Crippen LogP contribution in [0.4, 0.5) is 0 Å². The van der Waals surface area contributed by atoms with Gasteiger partial charge in [0.25, 0.3) is 0 Å². The quantitative estimate of drug-likeness (QED) is 0.898. The fraction of sp³-hybridized carbons (Fsp3) is 0.615. The first-order valence-electron chi connectivity index (χ1n) is 5.89.